The van der Waals surface area contributed by atoms with Gasteiger partial charge in [0.2, 0.25) is 0 Å². The van der Waals surface area contributed by atoms with Crippen molar-refractivity contribution in [3.05, 3.63) is 47.9 Å². The van der Waals surface area contributed by atoms with Crippen LogP contribution >= 0.6 is 23.7 Å². The minimum absolute atomic E-state index is 0.0248. The third-order valence-corrected chi connectivity index (χ3v) is 4.42. The molecule has 0 atom stereocenters. The van der Waals surface area contributed by atoms with Crippen LogP contribution < -0.4 is 0 Å². The van der Waals surface area contributed by atoms with Gasteiger partial charge in [-0.1, -0.05) is 11.6 Å². The molecule has 0 saturated heterocycles. The molecule has 4 aromatic heterocycles. The molecule has 0 aliphatic carbocycles. The lowest BCUT2D eigenvalue weighted by Crippen LogP contribution is -1.88. The van der Waals surface area contributed by atoms with Gasteiger partial charge in [-0.2, -0.15) is 3.89 Å². The monoisotopic (exact) mass is 330 g/mol. The smallest absolute Gasteiger partial charge is 0.148 e. The van der Waals surface area contributed by atoms with Gasteiger partial charge in [0.15, 0.2) is 0 Å². The number of aromatic nitrogens is 4. The van der Waals surface area contributed by atoms with Crippen LogP contribution in [0.2, 0.25) is 5.02 Å². The summed E-state index contributed by atoms with van der Waals surface area (Å²) in [6, 6.07) is 7.43. The van der Waals surface area contributed by atoms with E-state index in [4.69, 9.17) is 11.6 Å². The minimum atomic E-state index is 0.0248. The van der Waals surface area contributed by atoms with E-state index in [2.05, 4.69) is 19.9 Å². The molecule has 4 rings (SSSR count). The summed E-state index contributed by atoms with van der Waals surface area (Å²) in [4.78, 5) is 15.9. The predicted octanol–water partition coefficient (Wildman–Crippen LogP) is 4.80. The zero-order chi connectivity index (χ0) is 15.1. The number of halogens is 2. The number of hydrogen-bond donors (Lipinski definition) is 1. The summed E-state index contributed by atoms with van der Waals surface area (Å²) in [6.45, 7) is 0. The number of aromatic amines is 1. The zero-order valence-electron chi connectivity index (χ0n) is 11.0. The molecule has 4 nitrogen and oxygen atoms in total. The summed E-state index contributed by atoms with van der Waals surface area (Å²) in [6.07, 6.45) is 5.04. The molecular formula is C15H8ClFN4S. The van der Waals surface area contributed by atoms with Gasteiger partial charge in [0.25, 0.3) is 0 Å². The highest BCUT2D eigenvalue weighted by molar-refractivity contribution is 7.94. The first-order chi connectivity index (χ1) is 10.8. The second kappa shape index (κ2) is 5.23. The summed E-state index contributed by atoms with van der Waals surface area (Å²) < 4.78 is 12.8. The molecule has 4 heterocycles. The quantitative estimate of drug-likeness (QED) is 0.573. The standard InChI is InChI=1S/C15H8ClFN4S/c16-13-9(3-6-19-15(13)22-17)11-2-1-8-10-7-18-5-4-12(10)21-14(8)20-11/h1-7H,(H,20,21). The number of H-pyrrole nitrogens is 1. The Morgan fingerprint density at radius 3 is 2.86 bits per heavy atom. The second-order valence-electron chi connectivity index (χ2n) is 4.69. The molecule has 0 saturated carbocycles. The molecule has 0 unspecified atom stereocenters. The van der Waals surface area contributed by atoms with E-state index in [1.54, 1.807) is 18.5 Å². The molecule has 0 amide bonds. The maximum absolute atomic E-state index is 12.8. The number of nitrogens with one attached hydrogen (secondary N) is 1. The molecule has 0 fully saturated rings. The Kier molecular flexibility index (Phi) is 3.20. The van der Waals surface area contributed by atoms with E-state index in [0.29, 0.717) is 11.3 Å². The Hall–Kier alpha value is -2.18. The highest BCUT2D eigenvalue weighted by Gasteiger charge is 2.13. The zero-order valence-corrected chi connectivity index (χ0v) is 12.6. The maximum Gasteiger partial charge on any atom is 0.148 e. The van der Waals surface area contributed by atoms with Crippen LogP contribution in [-0.2, 0) is 0 Å². The number of hydrogen-bond acceptors (Lipinski definition) is 4. The predicted molar refractivity (Wildman–Crippen MR) is 86.6 cm³/mol. The van der Waals surface area contributed by atoms with Crippen molar-refractivity contribution in [2.45, 2.75) is 5.03 Å². The second-order valence-corrected chi connectivity index (χ2v) is 5.61. The van der Waals surface area contributed by atoms with E-state index < -0.39 is 0 Å². The SMILES string of the molecule is FSc1nccc(-c2ccc3c(n2)[nH]c2ccncc23)c1Cl. The first-order valence-corrected chi connectivity index (χ1v) is 7.53. The third kappa shape index (κ3) is 2.03. The van der Waals surface area contributed by atoms with E-state index in [0.717, 1.165) is 21.9 Å². The summed E-state index contributed by atoms with van der Waals surface area (Å²) >= 11 is 6.21. The molecule has 1 N–H and O–H groups in total. The fourth-order valence-corrected chi connectivity index (χ4v) is 3.02. The fourth-order valence-electron chi connectivity index (χ4n) is 2.44. The first kappa shape index (κ1) is 13.5. The highest BCUT2D eigenvalue weighted by atomic mass is 35.5. The Bertz CT molecular complexity index is 1000. The highest BCUT2D eigenvalue weighted by Crippen LogP contribution is 2.35. The Labute approximate surface area is 134 Å². The van der Waals surface area contributed by atoms with Gasteiger partial charge >= 0.3 is 0 Å². The first-order valence-electron chi connectivity index (χ1n) is 6.44. The lowest BCUT2D eigenvalue weighted by Gasteiger charge is -2.05. The van der Waals surface area contributed by atoms with Crippen LogP contribution in [0.3, 0.4) is 0 Å². The molecule has 0 bridgehead atoms. The van der Waals surface area contributed by atoms with Crippen molar-refractivity contribution in [2.24, 2.45) is 0 Å². The van der Waals surface area contributed by atoms with Crippen LogP contribution in [0.4, 0.5) is 3.89 Å². The molecule has 0 spiro atoms. The molecule has 0 aliphatic rings. The summed E-state index contributed by atoms with van der Waals surface area (Å²) in [5.74, 6) is 0. The normalized spacial score (nSPS) is 11.4. The Balaban J connectivity index is 1.95. The van der Waals surface area contributed by atoms with Gasteiger partial charge < -0.3 is 4.98 Å². The summed E-state index contributed by atoms with van der Waals surface area (Å²) in [5.41, 5.74) is 3.02. The molecule has 0 radical (unpaired) electrons. The summed E-state index contributed by atoms with van der Waals surface area (Å²) in [5, 5.41) is 2.40. The van der Waals surface area contributed by atoms with Crippen LogP contribution in [0, 0.1) is 0 Å². The maximum atomic E-state index is 12.8. The van der Waals surface area contributed by atoms with E-state index in [1.807, 2.05) is 18.2 Å². The molecular weight excluding hydrogens is 323 g/mol. The van der Waals surface area contributed by atoms with Crippen molar-refractivity contribution in [1.82, 2.24) is 19.9 Å². The van der Waals surface area contributed by atoms with Gasteiger partial charge in [-0.15, -0.1) is 0 Å². The van der Waals surface area contributed by atoms with Crippen molar-refractivity contribution in [1.29, 1.82) is 0 Å². The van der Waals surface area contributed by atoms with Crippen molar-refractivity contribution in [2.75, 3.05) is 0 Å². The number of rotatable bonds is 2. The van der Waals surface area contributed by atoms with Gasteiger partial charge in [-0.25, -0.2) is 9.97 Å². The van der Waals surface area contributed by atoms with Crippen molar-refractivity contribution in [3.63, 3.8) is 0 Å². The molecule has 7 heteroatoms. The van der Waals surface area contributed by atoms with Crippen LogP contribution in [0.5, 0.6) is 0 Å². The van der Waals surface area contributed by atoms with Crippen LogP contribution in [-0.4, -0.2) is 19.9 Å². The fraction of sp³-hybridized carbons (Fsp3) is 0. The van der Waals surface area contributed by atoms with Crippen molar-refractivity contribution < 1.29 is 3.89 Å². The van der Waals surface area contributed by atoms with Crippen LogP contribution in [0.15, 0.2) is 47.9 Å². The number of nitrogens with zero attached hydrogens (tertiary/aromatic N) is 3. The summed E-state index contributed by atoms with van der Waals surface area (Å²) in [7, 11) is 0. The topological polar surface area (TPSA) is 54.5 Å². The molecule has 22 heavy (non-hydrogen) atoms. The Morgan fingerprint density at radius 2 is 2.00 bits per heavy atom. The van der Waals surface area contributed by atoms with Gasteiger partial charge in [-0.3, -0.25) is 4.98 Å². The van der Waals surface area contributed by atoms with Crippen molar-refractivity contribution in [3.8, 4) is 11.3 Å². The van der Waals surface area contributed by atoms with Gasteiger partial charge in [0.1, 0.15) is 22.8 Å². The van der Waals surface area contributed by atoms with Gasteiger partial charge in [0.05, 0.1) is 16.2 Å². The minimum Gasteiger partial charge on any atom is -0.339 e. The third-order valence-electron chi connectivity index (χ3n) is 3.47. The number of fused-ring (bicyclic) bond motifs is 3. The average Bonchev–Trinajstić information content (AvgIpc) is 2.92. The largest absolute Gasteiger partial charge is 0.339 e. The average molecular weight is 331 g/mol. The molecule has 108 valence electrons. The van der Waals surface area contributed by atoms with E-state index in [1.165, 1.54) is 6.20 Å². The van der Waals surface area contributed by atoms with Gasteiger partial charge in [-0.05, 0) is 24.3 Å². The lowest BCUT2D eigenvalue weighted by atomic mass is 10.1. The molecule has 0 aromatic carbocycles. The van der Waals surface area contributed by atoms with Crippen LogP contribution in [0.25, 0.3) is 33.2 Å². The lowest BCUT2D eigenvalue weighted by molar-refractivity contribution is 0.919. The van der Waals surface area contributed by atoms with Crippen LogP contribution in [0.1, 0.15) is 0 Å². The van der Waals surface area contributed by atoms with E-state index in [9.17, 15) is 3.89 Å². The van der Waals surface area contributed by atoms with Crippen molar-refractivity contribution >= 4 is 45.7 Å². The number of pyridine rings is 3. The molecule has 4 aromatic rings. The Morgan fingerprint density at radius 1 is 1.09 bits per heavy atom. The van der Waals surface area contributed by atoms with E-state index in [-0.39, 0.29) is 22.2 Å². The van der Waals surface area contributed by atoms with Gasteiger partial charge in [0, 0.05) is 34.9 Å². The van der Waals surface area contributed by atoms with E-state index >= 15 is 0 Å². The molecule has 0 aliphatic heterocycles.